The van der Waals surface area contributed by atoms with Crippen LogP contribution >= 0.6 is 0 Å². The van der Waals surface area contributed by atoms with Gasteiger partial charge in [-0.3, -0.25) is 19.7 Å². The molecular weight excluding hydrogens is 648 g/mol. The number of sulfonamides is 1. The number of rotatable bonds is 13. The monoisotopic (exact) mass is 684 g/mol. The van der Waals surface area contributed by atoms with Gasteiger partial charge in [0.15, 0.2) is 0 Å². The Balaban J connectivity index is 1.31. The van der Waals surface area contributed by atoms with Crippen LogP contribution in [0.2, 0.25) is 0 Å². The predicted octanol–water partition coefficient (Wildman–Crippen LogP) is 5.08. The number of fused-ring (bicyclic) bond motifs is 3. The number of amides is 3. The predicted molar refractivity (Wildman–Crippen MR) is 182 cm³/mol. The van der Waals surface area contributed by atoms with Gasteiger partial charge in [0.1, 0.15) is 18.7 Å². The summed E-state index contributed by atoms with van der Waals surface area (Å²) in [4.78, 5) is 50.3. The summed E-state index contributed by atoms with van der Waals surface area (Å²) in [5.41, 5.74) is 4.61. The van der Waals surface area contributed by atoms with E-state index in [2.05, 4.69) is 10.6 Å². The Kier molecular flexibility index (Phi) is 10.7. The van der Waals surface area contributed by atoms with E-state index in [4.69, 9.17) is 4.74 Å². The number of alkyl carbamates (subject to hydrolysis) is 1. The second-order valence-electron chi connectivity index (χ2n) is 11.8. The molecule has 49 heavy (non-hydrogen) atoms. The molecule has 254 valence electrons. The minimum absolute atomic E-state index is 0.0257. The molecule has 0 aliphatic heterocycles. The second kappa shape index (κ2) is 15.1. The van der Waals surface area contributed by atoms with Gasteiger partial charge in [0.2, 0.25) is 5.91 Å². The molecule has 3 atom stereocenters. The molecule has 0 radical (unpaired) electrons. The van der Waals surface area contributed by atoms with Crippen molar-refractivity contribution in [2.75, 3.05) is 6.61 Å². The van der Waals surface area contributed by atoms with Gasteiger partial charge in [-0.2, -0.15) is 0 Å². The number of nitro groups is 1. The topological polar surface area (TPSA) is 174 Å². The van der Waals surface area contributed by atoms with Gasteiger partial charge >= 0.3 is 6.09 Å². The average Bonchev–Trinajstić information content (AvgIpc) is 3.42. The number of nitrogens with one attached hydrogen (secondary N) is 3. The summed E-state index contributed by atoms with van der Waals surface area (Å²) in [6.07, 6.45) is -0.366. The molecular formula is C36H36N4O8S. The molecule has 4 aromatic carbocycles. The summed E-state index contributed by atoms with van der Waals surface area (Å²) in [5.74, 6) is -2.43. The molecule has 1 aliphatic carbocycles. The molecule has 4 aromatic rings. The van der Waals surface area contributed by atoms with Crippen molar-refractivity contribution in [1.82, 2.24) is 15.4 Å². The maximum Gasteiger partial charge on any atom is 0.407 e. The maximum atomic E-state index is 13.8. The van der Waals surface area contributed by atoms with Crippen molar-refractivity contribution in [3.05, 3.63) is 130 Å². The third-order valence-corrected chi connectivity index (χ3v) is 9.98. The van der Waals surface area contributed by atoms with Crippen molar-refractivity contribution in [2.45, 2.75) is 49.6 Å². The summed E-state index contributed by atoms with van der Waals surface area (Å²) >= 11 is 0. The van der Waals surface area contributed by atoms with Crippen LogP contribution in [0.3, 0.4) is 0 Å². The van der Waals surface area contributed by atoms with Crippen molar-refractivity contribution < 1.29 is 32.5 Å². The van der Waals surface area contributed by atoms with E-state index in [0.717, 1.165) is 52.1 Å². The van der Waals surface area contributed by atoms with E-state index in [1.165, 1.54) is 0 Å². The van der Waals surface area contributed by atoms with E-state index in [1.807, 2.05) is 59.3 Å². The Labute approximate surface area is 284 Å². The Morgan fingerprint density at radius 1 is 0.816 bits per heavy atom. The van der Waals surface area contributed by atoms with Crippen molar-refractivity contribution in [3.63, 3.8) is 0 Å². The van der Waals surface area contributed by atoms with Gasteiger partial charge in [0.25, 0.3) is 21.6 Å². The van der Waals surface area contributed by atoms with Crippen molar-refractivity contribution in [2.24, 2.45) is 5.92 Å². The number of non-ortho nitro benzene ring substituents is 1. The zero-order valence-electron chi connectivity index (χ0n) is 26.9. The lowest BCUT2D eigenvalue weighted by molar-refractivity contribution is -0.384. The third-order valence-electron chi connectivity index (χ3n) is 8.62. The number of hydrogen-bond donors (Lipinski definition) is 3. The van der Waals surface area contributed by atoms with Crippen LogP contribution in [0.25, 0.3) is 11.1 Å². The van der Waals surface area contributed by atoms with E-state index in [-0.39, 0.29) is 29.5 Å². The van der Waals surface area contributed by atoms with Gasteiger partial charge in [-0.15, -0.1) is 0 Å². The van der Waals surface area contributed by atoms with Crippen LogP contribution in [-0.4, -0.2) is 49.9 Å². The Morgan fingerprint density at radius 2 is 1.39 bits per heavy atom. The number of carbonyl (C=O) groups is 3. The molecule has 0 fully saturated rings. The van der Waals surface area contributed by atoms with E-state index in [9.17, 15) is 32.9 Å². The summed E-state index contributed by atoms with van der Waals surface area (Å²) in [6.45, 7) is 3.48. The van der Waals surface area contributed by atoms with Gasteiger partial charge in [-0.05, 0) is 45.9 Å². The van der Waals surface area contributed by atoms with Crippen LogP contribution < -0.4 is 15.4 Å². The quantitative estimate of drug-likeness (QED) is 0.129. The highest BCUT2D eigenvalue weighted by atomic mass is 32.2. The average molecular weight is 685 g/mol. The Bertz CT molecular complexity index is 1910. The smallest absolute Gasteiger partial charge is 0.407 e. The molecule has 5 rings (SSSR count). The van der Waals surface area contributed by atoms with Crippen LogP contribution in [0.1, 0.15) is 42.9 Å². The number of benzene rings is 4. The fourth-order valence-corrected chi connectivity index (χ4v) is 6.80. The maximum absolute atomic E-state index is 13.8. The Hall–Kier alpha value is -5.56. The normalized spacial score (nSPS) is 14.0. The number of ether oxygens (including phenoxy) is 1. The number of carbonyl (C=O) groups excluding carboxylic acids is 3. The van der Waals surface area contributed by atoms with Crippen LogP contribution in [-0.2, 0) is 30.8 Å². The van der Waals surface area contributed by atoms with Crippen molar-refractivity contribution in [1.29, 1.82) is 0 Å². The summed E-state index contributed by atoms with van der Waals surface area (Å²) in [5, 5.41) is 16.3. The zero-order valence-corrected chi connectivity index (χ0v) is 27.7. The van der Waals surface area contributed by atoms with Crippen LogP contribution in [0.5, 0.6) is 0 Å². The molecule has 0 heterocycles. The largest absolute Gasteiger partial charge is 0.449 e. The highest BCUT2D eigenvalue weighted by Crippen LogP contribution is 2.44. The lowest BCUT2D eigenvalue weighted by Gasteiger charge is -2.26. The minimum Gasteiger partial charge on any atom is -0.449 e. The highest BCUT2D eigenvalue weighted by molar-refractivity contribution is 7.90. The SMILES string of the molecule is CC[C@H](C)[C@H](NC(=O)[C@H](Cc1ccccc1)NC(=O)OCC1c2ccccc2-c2ccccc21)C(=O)NS(=O)(=O)c1ccc([N+](=O)[O-])cc1. The first-order valence-corrected chi connectivity index (χ1v) is 17.2. The summed E-state index contributed by atoms with van der Waals surface area (Å²) in [6, 6.07) is 26.3. The first-order valence-electron chi connectivity index (χ1n) is 15.8. The third kappa shape index (κ3) is 8.12. The van der Waals surface area contributed by atoms with Crippen LogP contribution in [0.4, 0.5) is 10.5 Å². The van der Waals surface area contributed by atoms with Crippen molar-refractivity contribution in [3.8, 4) is 11.1 Å². The van der Waals surface area contributed by atoms with Crippen LogP contribution in [0.15, 0.2) is 108 Å². The fourth-order valence-electron chi connectivity index (χ4n) is 5.80. The molecule has 0 unspecified atom stereocenters. The lowest BCUT2D eigenvalue weighted by Crippen LogP contribution is -2.57. The fraction of sp³-hybridized carbons (Fsp3) is 0.250. The van der Waals surface area contributed by atoms with Gasteiger partial charge in [-0.1, -0.05) is 99.1 Å². The molecule has 1 aliphatic rings. The van der Waals surface area contributed by atoms with E-state index >= 15 is 0 Å². The summed E-state index contributed by atoms with van der Waals surface area (Å²) in [7, 11) is -4.43. The van der Waals surface area contributed by atoms with E-state index in [0.29, 0.717) is 6.42 Å². The van der Waals surface area contributed by atoms with E-state index < -0.39 is 50.9 Å². The Morgan fingerprint density at radius 3 is 1.96 bits per heavy atom. The molecule has 0 aromatic heterocycles. The lowest BCUT2D eigenvalue weighted by atomic mass is 9.97. The molecule has 3 amide bonds. The number of nitrogens with zero attached hydrogens (tertiary/aromatic N) is 1. The highest BCUT2D eigenvalue weighted by Gasteiger charge is 2.34. The minimum atomic E-state index is -4.43. The van der Waals surface area contributed by atoms with Gasteiger partial charge in [0.05, 0.1) is 9.82 Å². The number of hydrogen-bond acceptors (Lipinski definition) is 8. The molecule has 0 saturated carbocycles. The molecule has 0 spiro atoms. The number of nitro benzene ring substituents is 1. The van der Waals surface area contributed by atoms with E-state index in [1.54, 1.807) is 38.1 Å². The first kappa shape index (κ1) is 34.8. The molecule has 13 heteroatoms. The molecule has 12 nitrogen and oxygen atoms in total. The first-order chi connectivity index (χ1) is 23.5. The standard InChI is InChI=1S/C36H36N4O8S/c1-3-23(2)33(35(42)39-49(46,47)26-19-17-25(18-20-26)40(44)45)38-34(41)32(21-24-11-5-4-6-12-24)37-36(43)48-22-31-29-15-9-7-13-27(29)28-14-8-10-16-30(28)31/h4-20,23,31-33H,3,21-22H2,1-2H3,(H,37,43)(H,38,41)(H,39,42)/t23-,32-,33-/m0/s1. The van der Waals surface area contributed by atoms with Gasteiger partial charge in [0, 0.05) is 24.5 Å². The van der Waals surface area contributed by atoms with Crippen molar-refractivity contribution >= 4 is 33.6 Å². The molecule has 0 bridgehead atoms. The summed E-state index contributed by atoms with van der Waals surface area (Å²) < 4.78 is 33.6. The van der Waals surface area contributed by atoms with Gasteiger partial charge < -0.3 is 15.4 Å². The molecule has 0 saturated heterocycles. The zero-order chi connectivity index (χ0) is 35.1. The van der Waals surface area contributed by atoms with Crippen LogP contribution in [0, 0.1) is 16.0 Å². The van der Waals surface area contributed by atoms with Gasteiger partial charge in [-0.25, -0.2) is 17.9 Å². The second-order valence-corrected chi connectivity index (χ2v) is 13.5. The molecule has 3 N–H and O–H groups in total.